The van der Waals surface area contributed by atoms with E-state index in [0.29, 0.717) is 19.6 Å². The highest BCUT2D eigenvalue weighted by molar-refractivity contribution is 5.40. The summed E-state index contributed by atoms with van der Waals surface area (Å²) in [5, 5.41) is 14.1. The molecule has 1 atom stereocenters. The summed E-state index contributed by atoms with van der Waals surface area (Å²) >= 11 is 0. The number of ether oxygens (including phenoxy) is 1. The zero-order valence-electron chi connectivity index (χ0n) is 18.7. The Bertz CT molecular complexity index is 1210. The Balaban J connectivity index is 1.12. The number of pyridine rings is 1. The lowest BCUT2D eigenvalue weighted by Crippen LogP contribution is -2.38. The van der Waals surface area contributed by atoms with Crippen LogP contribution >= 0.6 is 0 Å². The first-order valence-corrected chi connectivity index (χ1v) is 11.6. The van der Waals surface area contributed by atoms with Crippen LogP contribution in [0.5, 0.6) is 5.75 Å². The number of benzene rings is 2. The number of aromatic nitrogens is 2. The average molecular weight is 443 g/mol. The minimum absolute atomic E-state index is 0.280. The molecule has 1 aliphatic heterocycles. The van der Waals surface area contributed by atoms with Crippen molar-refractivity contribution in [2.24, 2.45) is 0 Å². The summed E-state index contributed by atoms with van der Waals surface area (Å²) in [6, 6.07) is 22.6. The number of nitrogens with zero attached hydrogens (tertiary/aromatic N) is 3. The molecule has 1 aliphatic rings. The number of hydrogen-bond donors (Lipinski definition) is 2. The molecule has 0 saturated carbocycles. The van der Waals surface area contributed by atoms with E-state index in [-0.39, 0.29) is 6.61 Å². The van der Waals surface area contributed by atoms with Gasteiger partial charge in [-0.2, -0.15) is 0 Å². The molecule has 2 aromatic carbocycles. The van der Waals surface area contributed by atoms with Gasteiger partial charge in [0, 0.05) is 44.5 Å². The van der Waals surface area contributed by atoms with E-state index in [1.54, 1.807) is 0 Å². The molecule has 0 aliphatic carbocycles. The number of aliphatic hydroxyl groups is 1. The first-order valence-electron chi connectivity index (χ1n) is 11.6. The van der Waals surface area contributed by atoms with Gasteiger partial charge in [0.1, 0.15) is 24.1 Å². The van der Waals surface area contributed by atoms with Crippen LogP contribution in [-0.4, -0.2) is 45.2 Å². The number of hydrogen-bond acceptors (Lipinski definition) is 5. The standard InChI is InChI=1S/C27H30N4O2/c32-25(19-30-14-12-21-7-1-2-9-23(21)18-30)20-33-26-10-4-3-8-22(26)15-28-16-24-17-29-27-11-5-6-13-31(24)27/h1-11,13,17,25,28,32H,12,14-16,18-20H2. The monoisotopic (exact) mass is 442 g/mol. The van der Waals surface area contributed by atoms with Crippen molar-refractivity contribution in [3.05, 3.63) is 102 Å². The van der Waals surface area contributed by atoms with Crippen LogP contribution in [0.1, 0.15) is 22.4 Å². The van der Waals surface area contributed by atoms with E-state index < -0.39 is 6.10 Å². The third-order valence-corrected chi connectivity index (χ3v) is 6.20. The molecule has 0 fully saturated rings. The first-order chi connectivity index (χ1) is 16.3. The van der Waals surface area contributed by atoms with Crippen LogP contribution in [0.2, 0.25) is 0 Å². The van der Waals surface area contributed by atoms with Crippen molar-refractivity contribution in [1.29, 1.82) is 0 Å². The van der Waals surface area contributed by atoms with Crippen LogP contribution in [0.3, 0.4) is 0 Å². The highest BCUT2D eigenvalue weighted by Gasteiger charge is 2.19. The fourth-order valence-corrected chi connectivity index (χ4v) is 4.48. The van der Waals surface area contributed by atoms with E-state index in [1.165, 1.54) is 11.1 Å². The fraction of sp³-hybridized carbons (Fsp3) is 0.296. The number of fused-ring (bicyclic) bond motifs is 2. The first kappa shape index (κ1) is 21.6. The van der Waals surface area contributed by atoms with Crippen molar-refractivity contribution in [3.63, 3.8) is 0 Å². The summed E-state index contributed by atoms with van der Waals surface area (Å²) in [4.78, 5) is 6.74. The molecule has 33 heavy (non-hydrogen) atoms. The van der Waals surface area contributed by atoms with Gasteiger partial charge in [-0.15, -0.1) is 0 Å². The van der Waals surface area contributed by atoms with E-state index in [4.69, 9.17) is 4.74 Å². The Morgan fingerprint density at radius 3 is 2.73 bits per heavy atom. The Morgan fingerprint density at radius 1 is 0.970 bits per heavy atom. The van der Waals surface area contributed by atoms with Crippen molar-refractivity contribution in [1.82, 2.24) is 19.6 Å². The van der Waals surface area contributed by atoms with Crippen LogP contribution in [0.4, 0.5) is 0 Å². The zero-order valence-corrected chi connectivity index (χ0v) is 18.7. The quantitative estimate of drug-likeness (QED) is 0.416. The Labute approximate surface area is 194 Å². The second-order valence-electron chi connectivity index (χ2n) is 8.61. The smallest absolute Gasteiger partial charge is 0.136 e. The summed E-state index contributed by atoms with van der Waals surface area (Å²) in [5.41, 5.74) is 5.92. The van der Waals surface area contributed by atoms with Gasteiger partial charge in [-0.05, 0) is 35.7 Å². The van der Waals surface area contributed by atoms with Crippen molar-refractivity contribution in [3.8, 4) is 5.75 Å². The van der Waals surface area contributed by atoms with E-state index in [0.717, 1.165) is 42.2 Å². The highest BCUT2D eigenvalue weighted by Crippen LogP contribution is 2.20. The predicted molar refractivity (Wildman–Crippen MR) is 129 cm³/mol. The molecule has 6 nitrogen and oxygen atoms in total. The molecule has 6 heteroatoms. The van der Waals surface area contributed by atoms with E-state index in [1.807, 2.05) is 48.8 Å². The Hall–Kier alpha value is -3.19. The number of imidazole rings is 1. The van der Waals surface area contributed by atoms with Gasteiger partial charge in [-0.1, -0.05) is 48.5 Å². The predicted octanol–water partition coefficient (Wildman–Crippen LogP) is 3.42. The van der Waals surface area contributed by atoms with Gasteiger partial charge >= 0.3 is 0 Å². The maximum atomic E-state index is 10.6. The molecule has 2 aromatic heterocycles. The van der Waals surface area contributed by atoms with Crippen LogP contribution in [-0.2, 0) is 26.1 Å². The minimum atomic E-state index is -0.533. The number of rotatable bonds is 9. The molecule has 0 amide bonds. The van der Waals surface area contributed by atoms with Gasteiger partial charge in [0.2, 0.25) is 0 Å². The lowest BCUT2D eigenvalue weighted by Gasteiger charge is -2.30. The summed E-state index contributed by atoms with van der Waals surface area (Å²) < 4.78 is 8.12. The maximum Gasteiger partial charge on any atom is 0.136 e. The number of aliphatic hydroxyl groups excluding tert-OH is 1. The maximum absolute atomic E-state index is 10.6. The average Bonchev–Trinajstić information content (AvgIpc) is 3.26. The van der Waals surface area contributed by atoms with Crippen LogP contribution in [0, 0.1) is 0 Å². The molecule has 0 saturated heterocycles. The van der Waals surface area contributed by atoms with Crippen molar-refractivity contribution in [2.45, 2.75) is 32.2 Å². The molecule has 0 radical (unpaired) electrons. The van der Waals surface area contributed by atoms with E-state index in [2.05, 4.69) is 49.9 Å². The molecule has 2 N–H and O–H groups in total. The third-order valence-electron chi connectivity index (χ3n) is 6.20. The van der Waals surface area contributed by atoms with Crippen LogP contribution < -0.4 is 10.1 Å². The summed E-state index contributed by atoms with van der Waals surface area (Å²) in [6.45, 7) is 4.13. The molecule has 4 aromatic rings. The molecular formula is C27H30N4O2. The number of β-amino-alcohol motifs (C(OH)–C–C–N with tert-alkyl or cyclic N) is 1. The molecule has 0 bridgehead atoms. The lowest BCUT2D eigenvalue weighted by atomic mass is 10.00. The third kappa shape index (κ3) is 5.25. The van der Waals surface area contributed by atoms with Crippen molar-refractivity contribution < 1.29 is 9.84 Å². The van der Waals surface area contributed by atoms with Gasteiger partial charge in [-0.25, -0.2) is 4.98 Å². The second kappa shape index (κ2) is 10.2. The fourth-order valence-electron chi connectivity index (χ4n) is 4.48. The van der Waals surface area contributed by atoms with E-state index >= 15 is 0 Å². The summed E-state index contributed by atoms with van der Waals surface area (Å²) in [6.07, 6.45) is 4.43. The van der Waals surface area contributed by atoms with Gasteiger partial charge in [0.25, 0.3) is 0 Å². The highest BCUT2D eigenvalue weighted by atomic mass is 16.5. The topological polar surface area (TPSA) is 62.0 Å². The van der Waals surface area contributed by atoms with Crippen molar-refractivity contribution >= 4 is 5.65 Å². The van der Waals surface area contributed by atoms with Crippen LogP contribution in [0.25, 0.3) is 5.65 Å². The second-order valence-corrected chi connectivity index (χ2v) is 8.61. The number of para-hydroxylation sites is 1. The molecule has 5 rings (SSSR count). The zero-order chi connectivity index (χ0) is 22.5. The molecule has 1 unspecified atom stereocenters. The van der Waals surface area contributed by atoms with Gasteiger partial charge < -0.3 is 19.6 Å². The molecule has 170 valence electrons. The van der Waals surface area contributed by atoms with Gasteiger partial charge in [0.15, 0.2) is 0 Å². The summed E-state index contributed by atoms with van der Waals surface area (Å²) in [7, 11) is 0. The van der Waals surface area contributed by atoms with Gasteiger partial charge in [0.05, 0.1) is 11.9 Å². The van der Waals surface area contributed by atoms with Crippen LogP contribution in [0.15, 0.2) is 79.1 Å². The largest absolute Gasteiger partial charge is 0.491 e. The van der Waals surface area contributed by atoms with E-state index in [9.17, 15) is 5.11 Å². The van der Waals surface area contributed by atoms with Gasteiger partial charge in [-0.3, -0.25) is 4.90 Å². The molecular weight excluding hydrogens is 412 g/mol. The normalized spacial score (nSPS) is 14.8. The Morgan fingerprint density at radius 2 is 1.79 bits per heavy atom. The van der Waals surface area contributed by atoms with Crippen molar-refractivity contribution in [2.75, 3.05) is 19.7 Å². The lowest BCUT2D eigenvalue weighted by molar-refractivity contribution is 0.0634. The SMILES string of the molecule is OC(COc1ccccc1CNCc1cnc2ccccn12)CN1CCc2ccccc2C1. The summed E-state index contributed by atoms with van der Waals surface area (Å²) in [5.74, 6) is 0.811. The minimum Gasteiger partial charge on any atom is -0.491 e. The molecule has 3 heterocycles. The molecule has 0 spiro atoms. The Kier molecular flexibility index (Phi) is 6.67. The number of nitrogens with one attached hydrogen (secondary N) is 1.